The van der Waals surface area contributed by atoms with E-state index in [2.05, 4.69) is 10.3 Å². The van der Waals surface area contributed by atoms with Crippen molar-refractivity contribution < 1.29 is 4.79 Å². The number of para-hydroxylation sites is 3. The Morgan fingerprint density at radius 2 is 1.61 bits per heavy atom. The van der Waals surface area contributed by atoms with E-state index in [1.165, 1.54) is 4.57 Å². The smallest absolute Gasteiger partial charge is 0.305 e. The summed E-state index contributed by atoms with van der Waals surface area (Å²) in [6, 6.07) is 14.5. The number of nitrogens with zero attached hydrogens (tertiary/aromatic N) is 4. The van der Waals surface area contributed by atoms with E-state index >= 15 is 0 Å². The topological polar surface area (TPSA) is 90.9 Å². The molecule has 0 saturated carbocycles. The van der Waals surface area contributed by atoms with Gasteiger partial charge < -0.3 is 4.57 Å². The maximum Gasteiger partial charge on any atom is 0.331 e. The molecule has 2 aromatic carbocycles. The van der Waals surface area contributed by atoms with Crippen LogP contribution in [0, 0.1) is 0 Å². The van der Waals surface area contributed by atoms with Gasteiger partial charge in [-0.1, -0.05) is 24.3 Å². The maximum absolute atomic E-state index is 13.0. The molecule has 31 heavy (non-hydrogen) atoms. The number of hydrogen-bond acceptors (Lipinski definition) is 4. The van der Waals surface area contributed by atoms with Crippen LogP contribution in [0.3, 0.4) is 0 Å². The Morgan fingerprint density at radius 3 is 2.29 bits per heavy atom. The van der Waals surface area contributed by atoms with E-state index in [0.717, 1.165) is 15.6 Å². The summed E-state index contributed by atoms with van der Waals surface area (Å²) in [6.07, 6.45) is 0. The number of benzene rings is 2. The summed E-state index contributed by atoms with van der Waals surface area (Å²) in [6.45, 7) is 7.83. The van der Waals surface area contributed by atoms with Crippen LogP contribution < -0.4 is 16.6 Å². The Kier molecular flexibility index (Phi) is 5.00. The number of amides is 1. The van der Waals surface area contributed by atoms with Crippen molar-refractivity contribution in [3.05, 3.63) is 69.4 Å². The van der Waals surface area contributed by atoms with E-state index in [1.807, 2.05) is 49.6 Å². The van der Waals surface area contributed by atoms with Gasteiger partial charge in [0, 0.05) is 12.1 Å². The molecule has 0 unspecified atom stereocenters. The molecule has 4 rings (SSSR count). The SMILES string of the molecule is CCn1c(=O)c2ccccc2n(CC(=O)Nc2nc3ccccc3n2C(C)(C)C)c1=O. The number of anilines is 1. The number of carbonyl (C=O) groups is 1. The zero-order valence-electron chi connectivity index (χ0n) is 18.0. The quantitative estimate of drug-likeness (QED) is 0.551. The molecule has 0 atom stereocenters. The first-order chi connectivity index (χ1) is 14.7. The fourth-order valence-corrected chi connectivity index (χ4v) is 3.90. The fraction of sp³-hybridized carbons (Fsp3) is 0.304. The van der Waals surface area contributed by atoms with Gasteiger partial charge in [0.15, 0.2) is 0 Å². The van der Waals surface area contributed by atoms with Gasteiger partial charge in [0.2, 0.25) is 11.9 Å². The molecule has 1 N–H and O–H groups in total. The van der Waals surface area contributed by atoms with E-state index in [9.17, 15) is 14.4 Å². The number of fused-ring (bicyclic) bond motifs is 2. The highest BCUT2D eigenvalue weighted by molar-refractivity contribution is 5.92. The Labute approximate surface area is 178 Å². The predicted octanol–water partition coefficient (Wildman–Crippen LogP) is 2.93. The summed E-state index contributed by atoms with van der Waals surface area (Å²) in [4.78, 5) is 43.1. The second-order valence-corrected chi connectivity index (χ2v) is 8.41. The molecule has 0 bridgehead atoms. The average molecular weight is 419 g/mol. The molecule has 2 heterocycles. The predicted molar refractivity (Wildman–Crippen MR) is 122 cm³/mol. The van der Waals surface area contributed by atoms with Crippen LogP contribution in [0.2, 0.25) is 0 Å². The van der Waals surface area contributed by atoms with Crippen LogP contribution in [0.5, 0.6) is 0 Å². The first-order valence-electron chi connectivity index (χ1n) is 10.2. The number of rotatable bonds is 4. The van der Waals surface area contributed by atoms with Gasteiger partial charge in [-0.2, -0.15) is 0 Å². The summed E-state index contributed by atoms with van der Waals surface area (Å²) in [5.74, 6) is 0.0224. The van der Waals surface area contributed by atoms with Crippen LogP contribution in [0.25, 0.3) is 21.9 Å². The fourth-order valence-electron chi connectivity index (χ4n) is 3.90. The third-order valence-electron chi connectivity index (χ3n) is 5.23. The van der Waals surface area contributed by atoms with Crippen molar-refractivity contribution in [1.29, 1.82) is 0 Å². The summed E-state index contributed by atoms with van der Waals surface area (Å²) in [5, 5.41) is 3.27. The van der Waals surface area contributed by atoms with Gasteiger partial charge in [-0.25, -0.2) is 9.78 Å². The van der Waals surface area contributed by atoms with Gasteiger partial charge in [0.25, 0.3) is 5.56 Å². The second kappa shape index (κ2) is 7.54. The summed E-state index contributed by atoms with van der Waals surface area (Å²) in [5.41, 5.74) is 0.932. The molecule has 0 aliphatic carbocycles. The molecular weight excluding hydrogens is 394 g/mol. The Morgan fingerprint density at radius 1 is 0.968 bits per heavy atom. The molecule has 0 aliphatic rings. The lowest BCUT2D eigenvalue weighted by molar-refractivity contribution is -0.116. The Balaban J connectivity index is 1.77. The highest BCUT2D eigenvalue weighted by atomic mass is 16.2. The van der Waals surface area contributed by atoms with E-state index in [1.54, 1.807) is 31.2 Å². The minimum Gasteiger partial charge on any atom is -0.305 e. The first-order valence-corrected chi connectivity index (χ1v) is 10.2. The van der Waals surface area contributed by atoms with E-state index in [4.69, 9.17) is 0 Å². The van der Waals surface area contributed by atoms with E-state index in [0.29, 0.717) is 16.9 Å². The number of nitrogens with one attached hydrogen (secondary N) is 1. The normalized spacial score (nSPS) is 11.9. The minimum atomic E-state index is -0.509. The lowest BCUT2D eigenvalue weighted by Gasteiger charge is -2.24. The highest BCUT2D eigenvalue weighted by Crippen LogP contribution is 2.27. The molecule has 1 amide bonds. The third kappa shape index (κ3) is 3.54. The standard InChI is InChI=1S/C23H25N5O3/c1-5-26-20(30)15-10-6-8-12-17(15)27(22(26)31)14-19(29)25-21-24-16-11-7-9-13-18(16)28(21)23(2,3)4/h6-13H,5,14H2,1-4H3,(H,24,25,29). The molecule has 4 aromatic rings. The summed E-state index contributed by atoms with van der Waals surface area (Å²) in [7, 11) is 0. The van der Waals surface area contributed by atoms with Crippen molar-refractivity contribution in [3.8, 4) is 0 Å². The third-order valence-corrected chi connectivity index (χ3v) is 5.23. The Bertz CT molecular complexity index is 1420. The van der Waals surface area contributed by atoms with Crippen LogP contribution in [-0.4, -0.2) is 24.6 Å². The molecule has 2 aromatic heterocycles. The lowest BCUT2D eigenvalue weighted by atomic mass is 10.1. The summed E-state index contributed by atoms with van der Waals surface area (Å²) >= 11 is 0. The largest absolute Gasteiger partial charge is 0.331 e. The van der Waals surface area contributed by atoms with Gasteiger partial charge >= 0.3 is 5.69 Å². The van der Waals surface area contributed by atoms with Crippen molar-refractivity contribution in [3.63, 3.8) is 0 Å². The monoisotopic (exact) mass is 419 g/mol. The molecule has 0 aliphatic heterocycles. The van der Waals surface area contributed by atoms with Gasteiger partial charge in [-0.3, -0.25) is 24.0 Å². The molecule has 0 fully saturated rings. The first kappa shape index (κ1) is 20.6. The number of hydrogen-bond donors (Lipinski definition) is 1. The van der Waals surface area contributed by atoms with E-state index < -0.39 is 11.6 Å². The van der Waals surface area contributed by atoms with Gasteiger partial charge in [0.1, 0.15) is 6.54 Å². The van der Waals surface area contributed by atoms with Gasteiger partial charge in [-0.05, 0) is 52.0 Å². The second-order valence-electron chi connectivity index (χ2n) is 8.41. The van der Waals surface area contributed by atoms with Crippen molar-refractivity contribution in [2.24, 2.45) is 0 Å². The molecule has 160 valence electrons. The molecule has 8 nitrogen and oxygen atoms in total. The van der Waals surface area contributed by atoms with Crippen LogP contribution in [0.15, 0.2) is 58.1 Å². The minimum absolute atomic E-state index is 0.226. The molecular formula is C23H25N5O3. The zero-order chi connectivity index (χ0) is 22.3. The molecule has 0 radical (unpaired) electrons. The maximum atomic E-state index is 13.0. The van der Waals surface area contributed by atoms with Crippen molar-refractivity contribution in [2.45, 2.75) is 46.3 Å². The molecule has 0 spiro atoms. The number of carbonyl (C=O) groups excluding carboxylic acids is 1. The van der Waals surface area contributed by atoms with Crippen molar-refractivity contribution in [2.75, 3.05) is 5.32 Å². The summed E-state index contributed by atoms with van der Waals surface area (Å²) < 4.78 is 4.44. The highest BCUT2D eigenvalue weighted by Gasteiger charge is 2.23. The van der Waals surface area contributed by atoms with Gasteiger partial charge in [-0.15, -0.1) is 0 Å². The lowest BCUT2D eigenvalue weighted by Crippen LogP contribution is -2.41. The van der Waals surface area contributed by atoms with E-state index in [-0.39, 0.29) is 24.2 Å². The Hall–Kier alpha value is -3.68. The number of imidazole rings is 1. The molecule has 8 heteroatoms. The average Bonchev–Trinajstić information content (AvgIpc) is 3.09. The van der Waals surface area contributed by atoms with Crippen LogP contribution in [0.4, 0.5) is 5.95 Å². The van der Waals surface area contributed by atoms with Gasteiger partial charge in [0.05, 0.1) is 21.9 Å². The van der Waals surface area contributed by atoms with Crippen LogP contribution >= 0.6 is 0 Å². The van der Waals surface area contributed by atoms with Crippen molar-refractivity contribution in [1.82, 2.24) is 18.7 Å². The van der Waals surface area contributed by atoms with Crippen molar-refractivity contribution >= 4 is 33.8 Å². The van der Waals surface area contributed by atoms with Crippen LogP contribution in [-0.2, 0) is 23.4 Å². The van der Waals surface area contributed by atoms with Crippen LogP contribution in [0.1, 0.15) is 27.7 Å². The zero-order valence-corrected chi connectivity index (χ0v) is 18.0. The molecule has 0 saturated heterocycles. The number of aromatic nitrogens is 4.